The zero-order valence-corrected chi connectivity index (χ0v) is 9.36. The van der Waals surface area contributed by atoms with Crippen LogP contribution in [-0.2, 0) is 17.8 Å². The predicted octanol–water partition coefficient (Wildman–Crippen LogP) is 1.14. The van der Waals surface area contributed by atoms with E-state index in [1.54, 1.807) is 7.11 Å². The minimum absolute atomic E-state index is 0.0938. The fraction of sp³-hybridized carbons (Fsp3) is 0.500. The number of ether oxygens (including phenoxy) is 3. The first-order chi connectivity index (χ1) is 7.86. The summed E-state index contributed by atoms with van der Waals surface area (Å²) in [6, 6.07) is 3.85. The summed E-state index contributed by atoms with van der Waals surface area (Å²) >= 11 is 0. The standard InChI is InChI=1S/C12H16O4/c1-14-8-9-2-3-11-12(10(9)4-5-13)16-7-6-15-11/h2-3,13H,4-8H2,1H3. The highest BCUT2D eigenvalue weighted by molar-refractivity contribution is 5.51. The van der Waals surface area contributed by atoms with E-state index in [9.17, 15) is 0 Å². The Hall–Kier alpha value is -1.26. The Labute approximate surface area is 94.8 Å². The molecule has 1 aromatic carbocycles. The largest absolute Gasteiger partial charge is 0.486 e. The summed E-state index contributed by atoms with van der Waals surface area (Å²) in [6.07, 6.45) is 0.561. The van der Waals surface area contributed by atoms with E-state index < -0.39 is 0 Å². The molecule has 0 fully saturated rings. The second-order valence-corrected chi connectivity index (χ2v) is 3.63. The second kappa shape index (κ2) is 5.18. The summed E-state index contributed by atoms with van der Waals surface area (Å²) in [6.45, 7) is 1.75. The molecule has 0 bridgehead atoms. The van der Waals surface area contributed by atoms with Crippen molar-refractivity contribution in [3.05, 3.63) is 23.3 Å². The molecule has 0 aliphatic carbocycles. The first kappa shape index (κ1) is 11.2. The van der Waals surface area contributed by atoms with Gasteiger partial charge in [-0.15, -0.1) is 0 Å². The van der Waals surface area contributed by atoms with Gasteiger partial charge in [0, 0.05) is 19.3 Å². The zero-order chi connectivity index (χ0) is 11.4. The van der Waals surface area contributed by atoms with Crippen molar-refractivity contribution in [2.24, 2.45) is 0 Å². The smallest absolute Gasteiger partial charge is 0.164 e. The lowest BCUT2D eigenvalue weighted by Crippen LogP contribution is -2.17. The van der Waals surface area contributed by atoms with E-state index in [4.69, 9.17) is 19.3 Å². The third-order valence-electron chi connectivity index (χ3n) is 2.57. The number of aliphatic hydroxyl groups excluding tert-OH is 1. The SMILES string of the molecule is COCc1ccc2c(c1CCO)OCCO2. The Morgan fingerprint density at radius 2 is 2.12 bits per heavy atom. The van der Waals surface area contributed by atoms with E-state index >= 15 is 0 Å². The summed E-state index contributed by atoms with van der Waals surface area (Å²) in [5.74, 6) is 1.52. The number of hydrogen-bond acceptors (Lipinski definition) is 4. The van der Waals surface area contributed by atoms with Crippen LogP contribution in [0.5, 0.6) is 11.5 Å². The molecule has 0 amide bonds. The van der Waals surface area contributed by atoms with Crippen LogP contribution in [-0.4, -0.2) is 32.0 Å². The summed E-state index contributed by atoms with van der Waals surface area (Å²) < 4.78 is 16.2. The minimum Gasteiger partial charge on any atom is -0.486 e. The van der Waals surface area contributed by atoms with Gasteiger partial charge in [0.25, 0.3) is 0 Å². The first-order valence-corrected chi connectivity index (χ1v) is 5.37. The van der Waals surface area contributed by atoms with Crippen LogP contribution in [0.2, 0.25) is 0 Å². The molecule has 1 aliphatic rings. The van der Waals surface area contributed by atoms with Crippen molar-refractivity contribution in [3.8, 4) is 11.5 Å². The molecule has 1 heterocycles. The highest BCUT2D eigenvalue weighted by atomic mass is 16.6. The third kappa shape index (κ3) is 2.13. The van der Waals surface area contributed by atoms with Crippen molar-refractivity contribution < 1.29 is 19.3 Å². The average Bonchev–Trinajstić information content (AvgIpc) is 2.32. The molecule has 4 nitrogen and oxygen atoms in total. The Balaban J connectivity index is 2.39. The summed E-state index contributed by atoms with van der Waals surface area (Å²) in [7, 11) is 1.65. The van der Waals surface area contributed by atoms with Crippen LogP contribution in [0.25, 0.3) is 0 Å². The topological polar surface area (TPSA) is 47.9 Å². The van der Waals surface area contributed by atoms with Gasteiger partial charge < -0.3 is 19.3 Å². The van der Waals surface area contributed by atoms with Crippen LogP contribution >= 0.6 is 0 Å². The summed E-state index contributed by atoms with van der Waals surface area (Å²) in [5.41, 5.74) is 2.03. The molecular formula is C12H16O4. The van der Waals surface area contributed by atoms with Gasteiger partial charge >= 0.3 is 0 Å². The Bertz CT molecular complexity index is 362. The molecule has 1 N–H and O–H groups in total. The Morgan fingerprint density at radius 3 is 2.88 bits per heavy atom. The molecule has 1 aliphatic heterocycles. The number of methoxy groups -OCH3 is 1. The number of aliphatic hydroxyl groups is 1. The van der Waals surface area contributed by atoms with Gasteiger partial charge in [0.05, 0.1) is 6.61 Å². The number of benzene rings is 1. The molecule has 4 heteroatoms. The van der Waals surface area contributed by atoms with Crippen LogP contribution in [0.15, 0.2) is 12.1 Å². The third-order valence-corrected chi connectivity index (χ3v) is 2.57. The Morgan fingerprint density at radius 1 is 1.31 bits per heavy atom. The fourth-order valence-corrected chi connectivity index (χ4v) is 1.89. The molecule has 0 unspecified atom stereocenters. The van der Waals surface area contributed by atoms with Gasteiger partial charge in [-0.2, -0.15) is 0 Å². The van der Waals surface area contributed by atoms with Crippen molar-refractivity contribution in [2.75, 3.05) is 26.9 Å². The quantitative estimate of drug-likeness (QED) is 0.833. The number of rotatable bonds is 4. The maximum atomic E-state index is 9.08. The van der Waals surface area contributed by atoms with Gasteiger partial charge in [-0.1, -0.05) is 6.07 Å². The van der Waals surface area contributed by atoms with E-state index in [1.807, 2.05) is 12.1 Å². The molecule has 2 rings (SSSR count). The lowest BCUT2D eigenvalue weighted by Gasteiger charge is -2.22. The first-order valence-electron chi connectivity index (χ1n) is 5.37. The second-order valence-electron chi connectivity index (χ2n) is 3.63. The van der Waals surface area contributed by atoms with Crippen LogP contribution < -0.4 is 9.47 Å². The normalized spacial score (nSPS) is 13.9. The van der Waals surface area contributed by atoms with Gasteiger partial charge in [0.2, 0.25) is 0 Å². The van der Waals surface area contributed by atoms with Crippen LogP contribution in [0.1, 0.15) is 11.1 Å². The number of hydrogen-bond donors (Lipinski definition) is 1. The molecule has 0 spiro atoms. The molecular weight excluding hydrogens is 208 g/mol. The van der Waals surface area contributed by atoms with Crippen molar-refractivity contribution in [1.29, 1.82) is 0 Å². The van der Waals surface area contributed by atoms with Crippen LogP contribution in [0, 0.1) is 0 Å². The maximum Gasteiger partial charge on any atom is 0.164 e. The van der Waals surface area contributed by atoms with Crippen molar-refractivity contribution in [3.63, 3.8) is 0 Å². The van der Waals surface area contributed by atoms with Gasteiger partial charge in [0.15, 0.2) is 11.5 Å². The van der Waals surface area contributed by atoms with Crippen LogP contribution in [0.3, 0.4) is 0 Å². The van der Waals surface area contributed by atoms with Gasteiger partial charge in [-0.3, -0.25) is 0 Å². The van der Waals surface area contributed by atoms with E-state index in [0.717, 1.165) is 22.6 Å². The number of fused-ring (bicyclic) bond motifs is 1. The minimum atomic E-state index is 0.0938. The summed E-state index contributed by atoms with van der Waals surface area (Å²) in [5, 5.41) is 9.08. The van der Waals surface area contributed by atoms with E-state index in [-0.39, 0.29) is 6.61 Å². The molecule has 16 heavy (non-hydrogen) atoms. The fourth-order valence-electron chi connectivity index (χ4n) is 1.89. The average molecular weight is 224 g/mol. The molecule has 0 saturated heterocycles. The molecule has 0 radical (unpaired) electrons. The monoisotopic (exact) mass is 224 g/mol. The van der Waals surface area contributed by atoms with Gasteiger partial charge in [0.1, 0.15) is 13.2 Å². The molecule has 0 saturated carbocycles. The van der Waals surface area contributed by atoms with E-state index in [1.165, 1.54) is 0 Å². The lowest BCUT2D eigenvalue weighted by atomic mass is 10.0. The molecule has 0 atom stereocenters. The Kier molecular flexibility index (Phi) is 3.64. The highest BCUT2D eigenvalue weighted by Crippen LogP contribution is 2.36. The highest BCUT2D eigenvalue weighted by Gasteiger charge is 2.18. The maximum absolute atomic E-state index is 9.08. The molecule has 0 aromatic heterocycles. The van der Waals surface area contributed by atoms with E-state index in [0.29, 0.717) is 26.2 Å². The van der Waals surface area contributed by atoms with Gasteiger partial charge in [-0.05, 0) is 18.1 Å². The molecule has 1 aromatic rings. The van der Waals surface area contributed by atoms with Gasteiger partial charge in [-0.25, -0.2) is 0 Å². The zero-order valence-electron chi connectivity index (χ0n) is 9.36. The van der Waals surface area contributed by atoms with E-state index in [2.05, 4.69) is 0 Å². The molecule has 88 valence electrons. The van der Waals surface area contributed by atoms with Crippen molar-refractivity contribution in [1.82, 2.24) is 0 Å². The lowest BCUT2D eigenvalue weighted by molar-refractivity contribution is 0.164. The van der Waals surface area contributed by atoms with Crippen molar-refractivity contribution >= 4 is 0 Å². The van der Waals surface area contributed by atoms with Crippen molar-refractivity contribution in [2.45, 2.75) is 13.0 Å². The predicted molar refractivity (Wildman–Crippen MR) is 58.9 cm³/mol. The van der Waals surface area contributed by atoms with Crippen LogP contribution in [0.4, 0.5) is 0 Å². The summed E-state index contributed by atoms with van der Waals surface area (Å²) in [4.78, 5) is 0.